The number of aliphatic imine (C=N–C) groups is 1. The average Bonchev–Trinajstić information content (AvgIpc) is 2.46. The van der Waals surface area contributed by atoms with Crippen LogP contribution in [0.4, 0.5) is 5.69 Å². The van der Waals surface area contributed by atoms with Crippen LogP contribution in [0, 0.1) is 6.92 Å². The van der Waals surface area contributed by atoms with Crippen molar-refractivity contribution in [2.45, 2.75) is 11.8 Å². The molecule has 0 spiro atoms. The van der Waals surface area contributed by atoms with E-state index in [1.54, 1.807) is 27.7 Å². The zero-order valence-corrected chi connectivity index (χ0v) is 12.4. The molecule has 0 aliphatic rings. The van der Waals surface area contributed by atoms with Crippen molar-refractivity contribution in [1.29, 1.82) is 0 Å². The molecule has 96 valence electrons. The minimum atomic E-state index is 0.916. The number of hydrogen-bond donors (Lipinski definition) is 0. The Hall–Kier alpha value is -1.45. The van der Waals surface area contributed by atoms with E-state index in [-0.39, 0.29) is 0 Å². The number of nitrogens with zero attached hydrogens (tertiary/aromatic N) is 1. The highest BCUT2D eigenvalue weighted by atomic mass is 33.1. The summed E-state index contributed by atoms with van der Waals surface area (Å²) in [6, 6.07) is 18.3. The number of para-hydroxylation sites is 1. The molecule has 0 unspecified atom stereocenters. The lowest BCUT2D eigenvalue weighted by Gasteiger charge is -2.04. The second-order valence-electron chi connectivity index (χ2n) is 3.92. The summed E-state index contributed by atoms with van der Waals surface area (Å²) >= 11 is 0. The van der Waals surface area contributed by atoms with E-state index in [1.807, 2.05) is 30.3 Å². The Kier molecular flexibility index (Phi) is 5.31. The summed E-state index contributed by atoms with van der Waals surface area (Å²) in [6.45, 7) is 5.94. The van der Waals surface area contributed by atoms with Gasteiger partial charge in [0.2, 0.25) is 0 Å². The quantitative estimate of drug-likeness (QED) is 0.409. The lowest BCUT2D eigenvalue weighted by atomic mass is 10.2. The zero-order valence-electron chi connectivity index (χ0n) is 10.7. The molecule has 0 atom stereocenters. The van der Waals surface area contributed by atoms with E-state index in [4.69, 9.17) is 0 Å². The molecule has 0 saturated heterocycles. The zero-order chi connectivity index (χ0) is 13.5. The van der Waals surface area contributed by atoms with Gasteiger partial charge in [-0.1, -0.05) is 53.8 Å². The van der Waals surface area contributed by atoms with Gasteiger partial charge < -0.3 is 0 Å². The minimum absolute atomic E-state index is 0.916. The summed E-state index contributed by atoms with van der Waals surface area (Å²) in [5.74, 6) is 0. The summed E-state index contributed by atoms with van der Waals surface area (Å²) in [4.78, 5) is 5.82. The number of aryl methyl sites for hydroxylation is 1. The highest BCUT2D eigenvalue weighted by molar-refractivity contribution is 8.82. The number of hydrogen-bond acceptors (Lipinski definition) is 3. The van der Waals surface area contributed by atoms with Gasteiger partial charge in [0.05, 0.1) is 5.69 Å². The summed E-state index contributed by atoms with van der Waals surface area (Å²) in [7, 11) is 3.35. The lowest BCUT2D eigenvalue weighted by Crippen LogP contribution is -1.83. The van der Waals surface area contributed by atoms with Gasteiger partial charge in [-0.15, -0.1) is 0 Å². The lowest BCUT2D eigenvalue weighted by molar-refractivity contribution is 1.31. The molecule has 0 aliphatic carbocycles. The third kappa shape index (κ3) is 4.30. The predicted molar refractivity (Wildman–Crippen MR) is 88.4 cm³/mol. The van der Waals surface area contributed by atoms with Gasteiger partial charge in [0, 0.05) is 4.90 Å². The molecule has 0 heterocycles. The molecule has 0 aromatic heterocycles. The standard InChI is InChI=1S/C16H15NS2/c1-3-16(17-14-10-5-4-6-11-14)19-18-15-12-8-7-9-13(15)2/h3-12H,1H2,2H3. The van der Waals surface area contributed by atoms with Gasteiger partial charge in [0.15, 0.2) is 0 Å². The first-order valence-electron chi connectivity index (χ1n) is 5.96. The number of rotatable bonds is 4. The van der Waals surface area contributed by atoms with E-state index in [2.05, 4.69) is 42.8 Å². The maximum absolute atomic E-state index is 4.56. The van der Waals surface area contributed by atoms with Crippen LogP contribution in [-0.2, 0) is 0 Å². The minimum Gasteiger partial charge on any atom is -0.241 e. The average molecular weight is 285 g/mol. The van der Waals surface area contributed by atoms with E-state index in [0.717, 1.165) is 10.7 Å². The fourth-order valence-electron chi connectivity index (χ4n) is 1.47. The Bertz CT molecular complexity index is 576. The fourth-order valence-corrected chi connectivity index (χ4v) is 3.59. The van der Waals surface area contributed by atoms with Crippen LogP contribution in [0.3, 0.4) is 0 Å². The van der Waals surface area contributed by atoms with Crippen molar-refractivity contribution in [1.82, 2.24) is 0 Å². The van der Waals surface area contributed by atoms with Crippen molar-refractivity contribution in [3.05, 3.63) is 72.8 Å². The van der Waals surface area contributed by atoms with Gasteiger partial charge >= 0.3 is 0 Å². The van der Waals surface area contributed by atoms with Gasteiger partial charge in [-0.2, -0.15) is 0 Å². The van der Waals surface area contributed by atoms with Gasteiger partial charge in [-0.25, -0.2) is 4.99 Å². The summed E-state index contributed by atoms with van der Waals surface area (Å²) in [6.07, 6.45) is 1.79. The van der Waals surface area contributed by atoms with Gasteiger partial charge in [0.25, 0.3) is 0 Å². The molecule has 0 amide bonds. The molecule has 0 saturated carbocycles. The Morgan fingerprint density at radius 1 is 1.05 bits per heavy atom. The molecule has 0 radical (unpaired) electrons. The first-order valence-corrected chi connectivity index (χ1v) is 8.11. The van der Waals surface area contributed by atoms with Crippen LogP contribution in [0.2, 0.25) is 0 Å². The van der Waals surface area contributed by atoms with Crippen molar-refractivity contribution in [3.8, 4) is 0 Å². The molecule has 0 aliphatic heterocycles. The van der Waals surface area contributed by atoms with E-state index < -0.39 is 0 Å². The molecule has 0 fully saturated rings. The van der Waals surface area contributed by atoms with Crippen LogP contribution >= 0.6 is 21.6 Å². The molecule has 1 nitrogen and oxygen atoms in total. The maximum Gasteiger partial charge on any atom is 0.107 e. The highest BCUT2D eigenvalue weighted by Crippen LogP contribution is 2.35. The SMILES string of the molecule is C=CC(=Nc1ccccc1)SSc1ccccc1C. The van der Waals surface area contributed by atoms with E-state index >= 15 is 0 Å². The Morgan fingerprint density at radius 2 is 1.74 bits per heavy atom. The first kappa shape index (κ1) is 14.0. The molecular formula is C16H15NS2. The molecular weight excluding hydrogens is 270 g/mol. The second kappa shape index (κ2) is 7.22. The second-order valence-corrected chi connectivity index (χ2v) is 6.11. The van der Waals surface area contributed by atoms with Crippen LogP contribution in [0.1, 0.15) is 5.56 Å². The Balaban J connectivity index is 2.07. The maximum atomic E-state index is 4.56. The summed E-state index contributed by atoms with van der Waals surface area (Å²) in [5, 5.41) is 0.916. The van der Waals surface area contributed by atoms with Crippen molar-refractivity contribution < 1.29 is 0 Å². The topological polar surface area (TPSA) is 12.4 Å². The van der Waals surface area contributed by atoms with E-state index in [0.29, 0.717) is 0 Å². The van der Waals surface area contributed by atoms with Crippen LogP contribution < -0.4 is 0 Å². The third-order valence-corrected chi connectivity index (χ3v) is 4.93. The summed E-state index contributed by atoms with van der Waals surface area (Å²) in [5.41, 5.74) is 2.23. The van der Waals surface area contributed by atoms with Crippen LogP contribution in [0.5, 0.6) is 0 Å². The van der Waals surface area contributed by atoms with Crippen molar-refractivity contribution >= 4 is 32.3 Å². The monoisotopic (exact) mass is 285 g/mol. The molecule has 0 bridgehead atoms. The Labute approximate surface area is 122 Å². The predicted octanol–water partition coefficient (Wildman–Crippen LogP) is 5.65. The van der Waals surface area contributed by atoms with Gasteiger partial charge in [-0.05, 0) is 47.6 Å². The molecule has 19 heavy (non-hydrogen) atoms. The largest absolute Gasteiger partial charge is 0.241 e. The third-order valence-electron chi connectivity index (χ3n) is 2.48. The number of benzene rings is 2. The first-order chi connectivity index (χ1) is 9.29. The smallest absolute Gasteiger partial charge is 0.107 e. The van der Waals surface area contributed by atoms with Crippen molar-refractivity contribution in [2.75, 3.05) is 0 Å². The molecule has 0 N–H and O–H groups in total. The molecule has 2 aromatic carbocycles. The fraction of sp³-hybridized carbons (Fsp3) is 0.0625. The summed E-state index contributed by atoms with van der Waals surface area (Å²) < 4.78 is 0. The highest BCUT2D eigenvalue weighted by Gasteiger charge is 2.01. The molecule has 2 aromatic rings. The van der Waals surface area contributed by atoms with Gasteiger partial charge in [0.1, 0.15) is 5.04 Å². The van der Waals surface area contributed by atoms with Crippen LogP contribution in [0.15, 0.2) is 77.1 Å². The molecule has 2 rings (SSSR count). The van der Waals surface area contributed by atoms with Crippen LogP contribution in [-0.4, -0.2) is 5.04 Å². The van der Waals surface area contributed by atoms with Crippen molar-refractivity contribution in [2.24, 2.45) is 4.99 Å². The van der Waals surface area contributed by atoms with E-state index in [1.165, 1.54) is 10.5 Å². The van der Waals surface area contributed by atoms with E-state index in [9.17, 15) is 0 Å². The Morgan fingerprint density at radius 3 is 2.42 bits per heavy atom. The molecule has 3 heteroatoms. The van der Waals surface area contributed by atoms with Crippen molar-refractivity contribution in [3.63, 3.8) is 0 Å². The van der Waals surface area contributed by atoms with Crippen LogP contribution in [0.25, 0.3) is 0 Å². The van der Waals surface area contributed by atoms with Gasteiger partial charge in [-0.3, -0.25) is 0 Å². The normalized spacial score (nSPS) is 11.3.